The summed E-state index contributed by atoms with van der Waals surface area (Å²) in [5.41, 5.74) is 9.40. The number of fused-ring (bicyclic) bond motifs is 4. The molecule has 2 heteroatoms. The molecular weight excluding hydrogens is 222 g/mol. The number of phenolic OH excluding ortho intramolecular Hbond substituents is 1. The summed E-state index contributed by atoms with van der Waals surface area (Å²) >= 11 is 0. The van der Waals surface area contributed by atoms with Crippen LogP contribution >= 0.6 is 0 Å². The average Bonchev–Trinajstić information content (AvgIpc) is 2.36. The first-order valence-corrected chi connectivity index (χ1v) is 6.26. The summed E-state index contributed by atoms with van der Waals surface area (Å²) in [5.74, 6) is 0.334. The summed E-state index contributed by atoms with van der Waals surface area (Å²) in [6.45, 7) is 2.17. The second-order valence-electron chi connectivity index (χ2n) is 5.27. The van der Waals surface area contributed by atoms with Gasteiger partial charge in [0.2, 0.25) is 0 Å². The zero-order valence-electron chi connectivity index (χ0n) is 10.4. The van der Waals surface area contributed by atoms with Crippen LogP contribution in [0.4, 0.5) is 0 Å². The van der Waals surface area contributed by atoms with E-state index in [1.165, 1.54) is 0 Å². The molecule has 0 heterocycles. The zero-order valence-corrected chi connectivity index (χ0v) is 10.4. The monoisotopic (exact) mass is 239 g/mol. The second kappa shape index (κ2) is 3.85. The van der Waals surface area contributed by atoms with Crippen molar-refractivity contribution in [3.8, 4) is 5.75 Å². The van der Waals surface area contributed by atoms with E-state index in [2.05, 4.69) is 25.1 Å². The molecule has 0 aliphatic heterocycles. The lowest BCUT2D eigenvalue weighted by molar-refractivity contribution is 0.405. The standard InChI is InChI=1S/C16H17NO/c1-16-9-4-2-3-6-11(15(16)17)10-12-13(16)7-5-8-14(12)18/h2-8,10,15,18H,9,17H2,1H3/b4-2-,6-3-. The first kappa shape index (κ1) is 11.3. The molecule has 2 atom stereocenters. The molecule has 3 N–H and O–H groups in total. The van der Waals surface area contributed by atoms with Crippen molar-refractivity contribution in [3.63, 3.8) is 0 Å². The van der Waals surface area contributed by atoms with Crippen LogP contribution in [0.5, 0.6) is 5.75 Å². The van der Waals surface area contributed by atoms with Gasteiger partial charge in [-0.3, -0.25) is 0 Å². The molecule has 18 heavy (non-hydrogen) atoms. The van der Waals surface area contributed by atoms with E-state index in [0.29, 0.717) is 5.75 Å². The van der Waals surface area contributed by atoms with E-state index in [-0.39, 0.29) is 11.5 Å². The van der Waals surface area contributed by atoms with Crippen LogP contribution in [0.3, 0.4) is 0 Å². The fourth-order valence-corrected chi connectivity index (χ4v) is 2.94. The van der Waals surface area contributed by atoms with Crippen molar-refractivity contribution in [2.24, 2.45) is 5.73 Å². The van der Waals surface area contributed by atoms with Crippen LogP contribution in [-0.4, -0.2) is 11.1 Å². The average molecular weight is 239 g/mol. The SMILES string of the molecule is CC12C/C=C\C=C/C(=Cc3c(O)cccc31)C2N. The van der Waals surface area contributed by atoms with E-state index in [1.807, 2.05) is 24.3 Å². The van der Waals surface area contributed by atoms with Crippen molar-refractivity contribution in [3.05, 3.63) is 59.2 Å². The minimum Gasteiger partial charge on any atom is -0.507 e. The van der Waals surface area contributed by atoms with Gasteiger partial charge in [0.15, 0.2) is 0 Å². The number of rotatable bonds is 0. The molecule has 2 nitrogen and oxygen atoms in total. The number of hydrogen-bond acceptors (Lipinski definition) is 2. The number of allylic oxidation sites excluding steroid dienone is 3. The van der Waals surface area contributed by atoms with Gasteiger partial charge in [0, 0.05) is 17.0 Å². The Morgan fingerprint density at radius 3 is 3.00 bits per heavy atom. The molecule has 0 radical (unpaired) electrons. The molecule has 0 saturated heterocycles. The number of phenols is 1. The summed E-state index contributed by atoms with van der Waals surface area (Å²) in [6, 6.07) is 5.66. The van der Waals surface area contributed by atoms with E-state index in [9.17, 15) is 5.11 Å². The summed E-state index contributed by atoms with van der Waals surface area (Å²) < 4.78 is 0. The third-order valence-electron chi connectivity index (χ3n) is 4.13. The van der Waals surface area contributed by atoms with Gasteiger partial charge in [-0.2, -0.15) is 0 Å². The van der Waals surface area contributed by atoms with E-state index in [1.54, 1.807) is 6.07 Å². The predicted molar refractivity (Wildman–Crippen MR) is 74.3 cm³/mol. The molecule has 2 bridgehead atoms. The largest absolute Gasteiger partial charge is 0.507 e. The van der Waals surface area contributed by atoms with Crippen molar-refractivity contribution < 1.29 is 5.11 Å². The highest BCUT2D eigenvalue weighted by molar-refractivity contribution is 5.71. The fraction of sp³-hybridized carbons (Fsp3) is 0.250. The smallest absolute Gasteiger partial charge is 0.123 e. The minimum absolute atomic E-state index is 0.0343. The summed E-state index contributed by atoms with van der Waals surface area (Å²) in [5, 5.41) is 10.0. The van der Waals surface area contributed by atoms with E-state index in [0.717, 1.165) is 23.1 Å². The van der Waals surface area contributed by atoms with Crippen LogP contribution in [0.2, 0.25) is 0 Å². The highest BCUT2D eigenvalue weighted by Gasteiger charge is 2.39. The molecule has 0 aromatic heterocycles. The zero-order chi connectivity index (χ0) is 12.8. The van der Waals surface area contributed by atoms with E-state index >= 15 is 0 Å². The Balaban J connectivity index is 2.32. The number of aromatic hydroxyl groups is 1. The Morgan fingerprint density at radius 1 is 1.33 bits per heavy atom. The Bertz CT molecular complexity index is 583. The van der Waals surface area contributed by atoms with Crippen LogP contribution in [0.15, 0.2) is 48.1 Å². The van der Waals surface area contributed by atoms with Gasteiger partial charge in [-0.15, -0.1) is 0 Å². The lowest BCUT2D eigenvalue weighted by Gasteiger charge is -2.41. The highest BCUT2D eigenvalue weighted by atomic mass is 16.3. The van der Waals surface area contributed by atoms with E-state index < -0.39 is 0 Å². The molecule has 3 rings (SSSR count). The number of benzene rings is 1. The Morgan fingerprint density at radius 2 is 2.17 bits per heavy atom. The van der Waals surface area contributed by atoms with Gasteiger partial charge in [0.1, 0.15) is 5.75 Å². The molecule has 0 amide bonds. The molecule has 1 aromatic carbocycles. The molecule has 2 aliphatic rings. The summed E-state index contributed by atoms with van der Waals surface area (Å²) in [6.07, 6.45) is 11.1. The third kappa shape index (κ3) is 1.46. The number of nitrogens with two attached hydrogens (primary N) is 1. The summed E-state index contributed by atoms with van der Waals surface area (Å²) in [7, 11) is 0. The van der Waals surface area contributed by atoms with Crippen LogP contribution in [0.25, 0.3) is 6.08 Å². The molecule has 0 fully saturated rings. The van der Waals surface area contributed by atoms with Gasteiger partial charge in [-0.25, -0.2) is 0 Å². The van der Waals surface area contributed by atoms with Gasteiger partial charge in [-0.05, 0) is 29.7 Å². The normalized spacial score (nSPS) is 32.8. The lowest BCUT2D eigenvalue weighted by atomic mass is 9.65. The van der Waals surface area contributed by atoms with Crippen LogP contribution in [0, 0.1) is 0 Å². The fourth-order valence-electron chi connectivity index (χ4n) is 2.94. The highest BCUT2D eigenvalue weighted by Crippen LogP contribution is 2.44. The maximum atomic E-state index is 10.0. The molecule has 1 aromatic rings. The van der Waals surface area contributed by atoms with Gasteiger partial charge in [-0.1, -0.05) is 43.4 Å². The molecule has 2 unspecified atom stereocenters. The molecule has 0 spiro atoms. The summed E-state index contributed by atoms with van der Waals surface area (Å²) in [4.78, 5) is 0. The predicted octanol–water partition coefficient (Wildman–Crippen LogP) is 2.89. The lowest BCUT2D eigenvalue weighted by Crippen LogP contribution is -2.46. The maximum Gasteiger partial charge on any atom is 0.123 e. The van der Waals surface area contributed by atoms with Crippen molar-refractivity contribution in [1.29, 1.82) is 0 Å². The van der Waals surface area contributed by atoms with Crippen molar-refractivity contribution >= 4 is 6.08 Å². The second-order valence-corrected chi connectivity index (χ2v) is 5.27. The molecular formula is C16H17NO. The van der Waals surface area contributed by atoms with Crippen LogP contribution in [-0.2, 0) is 5.41 Å². The molecule has 0 saturated carbocycles. The third-order valence-corrected chi connectivity index (χ3v) is 4.13. The van der Waals surface area contributed by atoms with E-state index in [4.69, 9.17) is 5.73 Å². The first-order valence-electron chi connectivity index (χ1n) is 6.26. The number of hydrogen-bond donors (Lipinski definition) is 2. The Kier molecular flexibility index (Phi) is 2.42. The molecule has 2 aliphatic carbocycles. The van der Waals surface area contributed by atoms with Crippen molar-refractivity contribution in [1.82, 2.24) is 0 Å². The topological polar surface area (TPSA) is 46.2 Å². The van der Waals surface area contributed by atoms with Crippen LogP contribution in [0.1, 0.15) is 24.5 Å². The Labute approximate surface area is 107 Å². The quantitative estimate of drug-likeness (QED) is 0.731. The maximum absolute atomic E-state index is 10.0. The first-order chi connectivity index (χ1) is 8.63. The van der Waals surface area contributed by atoms with Gasteiger partial charge < -0.3 is 10.8 Å². The van der Waals surface area contributed by atoms with Crippen molar-refractivity contribution in [2.75, 3.05) is 0 Å². The van der Waals surface area contributed by atoms with Gasteiger partial charge >= 0.3 is 0 Å². The Hall–Kier alpha value is -1.80. The molecule has 92 valence electrons. The van der Waals surface area contributed by atoms with Crippen molar-refractivity contribution in [2.45, 2.75) is 24.8 Å². The van der Waals surface area contributed by atoms with Gasteiger partial charge in [0.05, 0.1) is 0 Å². The minimum atomic E-state index is -0.153. The van der Waals surface area contributed by atoms with Gasteiger partial charge in [0.25, 0.3) is 0 Å². The van der Waals surface area contributed by atoms with Crippen LogP contribution < -0.4 is 5.73 Å².